The zero-order valence-corrected chi connectivity index (χ0v) is 21.9. The number of aromatic hydroxyl groups is 9. The summed E-state index contributed by atoms with van der Waals surface area (Å²) in [6.45, 7) is 0. The minimum absolute atomic E-state index is 0.0288. The smallest absolute Gasteiger partial charge is 0.200 e. The van der Waals surface area contributed by atoms with Crippen molar-refractivity contribution < 1.29 is 65.6 Å². The predicted octanol–water partition coefficient (Wildman–Crippen LogP) is 2.70. The van der Waals surface area contributed by atoms with Gasteiger partial charge in [0.15, 0.2) is 41.0 Å². The van der Waals surface area contributed by atoms with Crippen LogP contribution in [0.3, 0.4) is 0 Å². The molecule has 0 saturated carbocycles. The van der Waals surface area contributed by atoms with E-state index < -0.39 is 76.3 Å². The van der Waals surface area contributed by atoms with E-state index in [2.05, 4.69) is 0 Å². The van der Waals surface area contributed by atoms with Crippen LogP contribution >= 0.6 is 0 Å². The molecule has 0 bridgehead atoms. The fraction of sp³-hybridized carbons (Fsp3) is 0.200. The average Bonchev–Trinajstić information content (AvgIpc) is 2.94. The van der Waals surface area contributed by atoms with Crippen molar-refractivity contribution in [2.24, 2.45) is 0 Å². The number of fused-ring (bicyclic) bond motifs is 2. The number of hydrogen-bond donors (Lipinski definition) is 11. The Bertz CT molecular complexity index is 1750. The largest absolute Gasteiger partial charge is 0.508 e. The van der Waals surface area contributed by atoms with Gasteiger partial charge in [-0.25, -0.2) is 0 Å². The van der Waals surface area contributed by atoms with Crippen molar-refractivity contribution in [2.45, 2.75) is 36.8 Å². The van der Waals surface area contributed by atoms with Crippen LogP contribution in [0.25, 0.3) is 0 Å². The molecule has 11 N–H and O–H groups in total. The molecule has 2 aliphatic rings. The molecule has 4 aromatic rings. The lowest BCUT2D eigenvalue weighted by atomic mass is 9.77. The molecule has 0 unspecified atom stereocenters. The van der Waals surface area contributed by atoms with E-state index in [1.165, 1.54) is 12.1 Å². The second kappa shape index (κ2) is 9.86. The quantitative estimate of drug-likeness (QED) is 0.153. The number of aliphatic hydroxyl groups excluding tert-OH is 2. The Morgan fingerprint density at radius 2 is 1.16 bits per heavy atom. The number of ether oxygens (including phenoxy) is 2. The third-order valence-electron chi connectivity index (χ3n) is 7.78. The Labute approximate surface area is 242 Å². The zero-order chi connectivity index (χ0) is 30.9. The highest BCUT2D eigenvalue weighted by molar-refractivity contribution is 5.65. The van der Waals surface area contributed by atoms with E-state index in [-0.39, 0.29) is 51.5 Å². The molecule has 2 aliphatic heterocycles. The van der Waals surface area contributed by atoms with Crippen molar-refractivity contribution in [1.82, 2.24) is 0 Å². The Hall–Kier alpha value is -5.40. The number of hydrogen-bond acceptors (Lipinski definition) is 13. The number of aliphatic hydroxyl groups is 2. The summed E-state index contributed by atoms with van der Waals surface area (Å²) in [6, 6.07) is 9.11. The minimum Gasteiger partial charge on any atom is -0.508 e. The highest BCUT2D eigenvalue weighted by Crippen LogP contribution is 2.56. The van der Waals surface area contributed by atoms with E-state index in [1.54, 1.807) is 0 Å². The van der Waals surface area contributed by atoms with Gasteiger partial charge in [-0.3, -0.25) is 0 Å². The Morgan fingerprint density at radius 3 is 1.84 bits per heavy atom. The molecule has 0 amide bonds. The highest BCUT2D eigenvalue weighted by atomic mass is 16.5. The lowest BCUT2D eigenvalue weighted by Crippen LogP contribution is -2.35. The Kier molecular flexibility index (Phi) is 6.36. The first-order valence-electron chi connectivity index (χ1n) is 12.9. The van der Waals surface area contributed by atoms with Gasteiger partial charge in [-0.05, 0) is 29.8 Å². The van der Waals surface area contributed by atoms with Crippen LogP contribution in [0, 0.1) is 0 Å². The van der Waals surface area contributed by atoms with Crippen LogP contribution in [0.5, 0.6) is 63.2 Å². The van der Waals surface area contributed by atoms with Crippen molar-refractivity contribution >= 4 is 0 Å². The van der Waals surface area contributed by atoms with Crippen LogP contribution in [-0.2, 0) is 6.42 Å². The highest BCUT2D eigenvalue weighted by Gasteiger charge is 2.45. The molecule has 0 spiro atoms. The summed E-state index contributed by atoms with van der Waals surface area (Å²) in [5, 5.41) is 115. The summed E-state index contributed by atoms with van der Waals surface area (Å²) in [5.41, 5.74) is -0.0481. The molecular formula is C30H26O13. The molecule has 2 heterocycles. The number of phenolic OH excluding ortho intramolecular Hbond substituents is 9. The van der Waals surface area contributed by atoms with E-state index >= 15 is 0 Å². The molecule has 0 radical (unpaired) electrons. The lowest BCUT2D eigenvalue weighted by molar-refractivity contribution is 0.00572. The predicted molar refractivity (Wildman–Crippen MR) is 145 cm³/mol. The second-order valence-electron chi connectivity index (χ2n) is 10.5. The molecule has 5 atom stereocenters. The maximum absolute atomic E-state index is 11.6. The van der Waals surface area contributed by atoms with Gasteiger partial charge in [-0.15, -0.1) is 0 Å². The third-order valence-corrected chi connectivity index (χ3v) is 7.78. The summed E-state index contributed by atoms with van der Waals surface area (Å²) < 4.78 is 11.7. The fourth-order valence-electron chi connectivity index (χ4n) is 5.77. The monoisotopic (exact) mass is 594 g/mol. The third kappa shape index (κ3) is 4.42. The summed E-state index contributed by atoms with van der Waals surface area (Å²) in [4.78, 5) is 0. The standard InChI is InChI=1S/C30H26O13/c31-12-6-16(34)23-22(7-12)43-30(10-1-2-14(32)15(33)3-10)28(41)25(23)24-17(35)9-21-13(26(24)39)8-20(38)29(42-21)11-4-18(36)27(40)19(37)5-11/h1-7,9,20,25,28-41H,8H2/t20-,25+,28-,29+,30+/m0/s1. The van der Waals surface area contributed by atoms with Gasteiger partial charge in [-0.1, -0.05) is 6.07 Å². The summed E-state index contributed by atoms with van der Waals surface area (Å²) in [6.07, 6.45) is -5.73. The number of phenols is 9. The van der Waals surface area contributed by atoms with Gasteiger partial charge in [0.2, 0.25) is 0 Å². The molecular weight excluding hydrogens is 568 g/mol. The van der Waals surface area contributed by atoms with Gasteiger partial charge in [0.05, 0.1) is 12.0 Å². The first-order chi connectivity index (χ1) is 20.3. The summed E-state index contributed by atoms with van der Waals surface area (Å²) in [7, 11) is 0. The summed E-state index contributed by atoms with van der Waals surface area (Å²) in [5.74, 6) is -6.66. The average molecular weight is 595 g/mol. The minimum atomic E-state index is -1.63. The van der Waals surface area contributed by atoms with Crippen LogP contribution in [0.15, 0.2) is 48.5 Å². The summed E-state index contributed by atoms with van der Waals surface area (Å²) >= 11 is 0. The van der Waals surface area contributed by atoms with Gasteiger partial charge in [0.25, 0.3) is 0 Å². The first kappa shape index (κ1) is 27.8. The van der Waals surface area contributed by atoms with Crippen LogP contribution in [-0.4, -0.2) is 68.4 Å². The topological polar surface area (TPSA) is 241 Å². The molecule has 6 rings (SSSR count). The van der Waals surface area contributed by atoms with Crippen molar-refractivity contribution in [3.8, 4) is 63.2 Å². The van der Waals surface area contributed by atoms with Crippen molar-refractivity contribution in [1.29, 1.82) is 0 Å². The van der Waals surface area contributed by atoms with E-state index in [4.69, 9.17) is 9.47 Å². The molecule has 43 heavy (non-hydrogen) atoms. The van der Waals surface area contributed by atoms with E-state index in [9.17, 15) is 56.2 Å². The van der Waals surface area contributed by atoms with E-state index in [1.807, 2.05) is 0 Å². The maximum Gasteiger partial charge on any atom is 0.200 e. The zero-order valence-electron chi connectivity index (χ0n) is 21.9. The fourth-order valence-corrected chi connectivity index (χ4v) is 5.77. The Morgan fingerprint density at radius 1 is 0.535 bits per heavy atom. The number of benzene rings is 4. The second-order valence-corrected chi connectivity index (χ2v) is 10.5. The molecule has 0 fully saturated rings. The molecule has 224 valence electrons. The van der Waals surface area contributed by atoms with Gasteiger partial charge in [0.1, 0.15) is 40.6 Å². The molecule has 13 nitrogen and oxygen atoms in total. The van der Waals surface area contributed by atoms with Crippen molar-refractivity contribution in [2.75, 3.05) is 0 Å². The van der Waals surface area contributed by atoms with Crippen molar-refractivity contribution in [3.63, 3.8) is 0 Å². The van der Waals surface area contributed by atoms with Crippen LogP contribution < -0.4 is 9.47 Å². The van der Waals surface area contributed by atoms with E-state index in [0.29, 0.717) is 0 Å². The molecule has 13 heteroatoms. The van der Waals surface area contributed by atoms with Crippen LogP contribution in [0.1, 0.15) is 45.9 Å². The van der Waals surface area contributed by atoms with Gasteiger partial charge >= 0.3 is 0 Å². The van der Waals surface area contributed by atoms with Gasteiger partial charge in [-0.2, -0.15) is 0 Å². The maximum atomic E-state index is 11.6. The van der Waals surface area contributed by atoms with Crippen LogP contribution in [0.4, 0.5) is 0 Å². The first-order valence-corrected chi connectivity index (χ1v) is 12.9. The normalized spacial score (nSPS) is 22.6. The molecule has 0 aromatic heterocycles. The molecule has 0 saturated heterocycles. The lowest BCUT2D eigenvalue weighted by Gasteiger charge is -2.39. The van der Waals surface area contributed by atoms with Crippen molar-refractivity contribution in [3.05, 3.63) is 76.3 Å². The van der Waals surface area contributed by atoms with E-state index in [0.717, 1.165) is 36.4 Å². The van der Waals surface area contributed by atoms with Gasteiger partial charge < -0.3 is 65.6 Å². The van der Waals surface area contributed by atoms with Gasteiger partial charge in [0, 0.05) is 46.9 Å². The Balaban J connectivity index is 1.47. The SMILES string of the molecule is Oc1cc(O)c2c(c1)O[C@H](c1ccc(O)c(O)c1)[C@@H](O)[C@H]2c1c(O)cc2c(c1O)C[C@H](O)[C@@H](c1cc(O)c(O)c(O)c1)O2. The number of rotatable bonds is 3. The van der Waals surface area contributed by atoms with Crippen LogP contribution in [0.2, 0.25) is 0 Å². The molecule has 0 aliphatic carbocycles. The molecule has 4 aromatic carbocycles.